The molecule has 1 aromatic rings. The van der Waals surface area contributed by atoms with Crippen LogP contribution < -0.4 is 4.74 Å². The van der Waals surface area contributed by atoms with Gasteiger partial charge in [0.1, 0.15) is 11.5 Å². The number of ketones is 1. The van der Waals surface area contributed by atoms with Crippen LogP contribution in [-0.2, 0) is 20.7 Å². The predicted octanol–water partition coefficient (Wildman–Crippen LogP) is 4.89. The van der Waals surface area contributed by atoms with Gasteiger partial charge in [-0.1, -0.05) is 18.2 Å². The fourth-order valence-electron chi connectivity index (χ4n) is 2.19. The molecule has 0 heterocycles. The Morgan fingerprint density at radius 3 is 2.19 bits per heavy atom. The summed E-state index contributed by atoms with van der Waals surface area (Å²) < 4.78 is 50.9. The molecule has 4 nitrogen and oxygen atoms in total. The number of esters is 1. The number of hydrogen-bond acceptors (Lipinski definition) is 4. The second-order valence-corrected chi connectivity index (χ2v) is 7.52. The van der Waals surface area contributed by atoms with Gasteiger partial charge in [-0.25, -0.2) is 4.39 Å². The SMILES string of the molecule is CCOC(=O)C(C)(C)CCC(=O)Cc1ccccc1OC(F)(F)C(C)(C)F. The highest BCUT2D eigenvalue weighted by Gasteiger charge is 2.50. The monoisotopic (exact) mass is 388 g/mol. The van der Waals surface area contributed by atoms with Crippen molar-refractivity contribution < 1.29 is 32.2 Å². The number of para-hydroxylation sites is 1. The molecule has 0 unspecified atom stereocenters. The van der Waals surface area contributed by atoms with Gasteiger partial charge in [-0.15, -0.1) is 0 Å². The zero-order valence-electron chi connectivity index (χ0n) is 16.4. The van der Waals surface area contributed by atoms with Crippen molar-refractivity contribution in [2.75, 3.05) is 6.61 Å². The van der Waals surface area contributed by atoms with Crippen molar-refractivity contribution in [3.63, 3.8) is 0 Å². The van der Waals surface area contributed by atoms with Crippen molar-refractivity contribution in [3.05, 3.63) is 29.8 Å². The van der Waals surface area contributed by atoms with Gasteiger partial charge in [-0.3, -0.25) is 9.59 Å². The van der Waals surface area contributed by atoms with Crippen LogP contribution in [0.25, 0.3) is 0 Å². The molecule has 0 saturated carbocycles. The van der Waals surface area contributed by atoms with E-state index in [1.807, 2.05) is 0 Å². The Hall–Kier alpha value is -2.05. The molecule has 0 saturated heterocycles. The topological polar surface area (TPSA) is 52.6 Å². The number of rotatable bonds is 10. The first kappa shape index (κ1) is 23.0. The molecule has 0 radical (unpaired) electrons. The zero-order valence-corrected chi connectivity index (χ0v) is 16.4. The lowest BCUT2D eigenvalue weighted by Crippen LogP contribution is -2.44. The van der Waals surface area contributed by atoms with Crippen LogP contribution >= 0.6 is 0 Å². The van der Waals surface area contributed by atoms with Crippen molar-refractivity contribution in [1.82, 2.24) is 0 Å². The first-order chi connectivity index (χ1) is 12.3. The van der Waals surface area contributed by atoms with Crippen LogP contribution in [0.2, 0.25) is 0 Å². The van der Waals surface area contributed by atoms with Crippen molar-refractivity contribution in [2.45, 2.75) is 65.7 Å². The van der Waals surface area contributed by atoms with Gasteiger partial charge in [0.25, 0.3) is 0 Å². The fourth-order valence-corrected chi connectivity index (χ4v) is 2.19. The normalized spacial score (nSPS) is 12.6. The fraction of sp³-hybridized carbons (Fsp3) is 0.600. The van der Waals surface area contributed by atoms with Crippen molar-refractivity contribution in [3.8, 4) is 5.75 Å². The molecule has 0 amide bonds. The molecule has 152 valence electrons. The maximum absolute atomic E-state index is 13.9. The largest absolute Gasteiger partial charge is 0.466 e. The van der Waals surface area contributed by atoms with E-state index >= 15 is 0 Å². The molecule has 0 aromatic heterocycles. The molecule has 1 rings (SSSR count). The van der Waals surface area contributed by atoms with Crippen LogP contribution in [-0.4, -0.2) is 30.1 Å². The van der Waals surface area contributed by atoms with Gasteiger partial charge in [-0.05, 0) is 47.1 Å². The lowest BCUT2D eigenvalue weighted by atomic mass is 9.86. The van der Waals surface area contributed by atoms with E-state index in [9.17, 15) is 22.8 Å². The number of benzene rings is 1. The molecule has 0 aliphatic rings. The quantitative estimate of drug-likeness (QED) is 0.536. The van der Waals surface area contributed by atoms with Gasteiger partial charge in [0.15, 0.2) is 0 Å². The van der Waals surface area contributed by atoms with E-state index in [2.05, 4.69) is 4.74 Å². The van der Waals surface area contributed by atoms with E-state index in [1.54, 1.807) is 26.8 Å². The molecule has 0 spiro atoms. The van der Waals surface area contributed by atoms with Gasteiger partial charge in [-0.2, -0.15) is 8.78 Å². The van der Waals surface area contributed by atoms with Crippen LogP contribution in [0.3, 0.4) is 0 Å². The molecule has 0 N–H and O–H groups in total. The molecule has 1 aromatic carbocycles. The lowest BCUT2D eigenvalue weighted by Gasteiger charge is -2.27. The van der Waals surface area contributed by atoms with E-state index in [1.165, 1.54) is 18.2 Å². The Balaban J connectivity index is 2.80. The minimum Gasteiger partial charge on any atom is -0.466 e. The molecule has 27 heavy (non-hydrogen) atoms. The number of ether oxygens (including phenoxy) is 2. The highest BCUT2D eigenvalue weighted by molar-refractivity contribution is 5.83. The van der Waals surface area contributed by atoms with Crippen LogP contribution in [0.5, 0.6) is 5.75 Å². The maximum atomic E-state index is 13.9. The lowest BCUT2D eigenvalue weighted by molar-refractivity contribution is -0.252. The maximum Gasteiger partial charge on any atom is 0.432 e. The van der Waals surface area contributed by atoms with Crippen LogP contribution in [0.1, 0.15) is 53.0 Å². The second kappa shape index (κ2) is 8.76. The first-order valence-corrected chi connectivity index (χ1v) is 8.82. The third-order valence-corrected chi connectivity index (χ3v) is 4.15. The Morgan fingerprint density at radius 2 is 1.63 bits per heavy atom. The van der Waals surface area contributed by atoms with Gasteiger partial charge in [0.2, 0.25) is 5.67 Å². The third kappa shape index (κ3) is 6.56. The third-order valence-electron chi connectivity index (χ3n) is 4.15. The smallest absolute Gasteiger partial charge is 0.432 e. The van der Waals surface area contributed by atoms with E-state index < -0.39 is 23.2 Å². The summed E-state index contributed by atoms with van der Waals surface area (Å²) in [6.07, 6.45) is -3.86. The zero-order chi connectivity index (χ0) is 20.9. The predicted molar refractivity (Wildman–Crippen MR) is 95.6 cm³/mol. The van der Waals surface area contributed by atoms with E-state index in [4.69, 9.17) is 4.74 Å². The molecule has 0 aliphatic heterocycles. The average molecular weight is 388 g/mol. The molecule has 0 fully saturated rings. The highest BCUT2D eigenvalue weighted by Crippen LogP contribution is 2.36. The standard InChI is InChI=1S/C20H27F3O4/c1-6-26-17(25)18(2,3)12-11-15(24)13-14-9-7-8-10-16(14)27-20(22,23)19(4,5)21/h7-10H,6,11-13H2,1-5H3. The highest BCUT2D eigenvalue weighted by atomic mass is 19.3. The van der Waals surface area contributed by atoms with E-state index in [0.29, 0.717) is 0 Å². The van der Waals surface area contributed by atoms with Crippen LogP contribution in [0.4, 0.5) is 13.2 Å². The summed E-state index contributed by atoms with van der Waals surface area (Å²) in [5, 5.41) is 0. The van der Waals surface area contributed by atoms with E-state index in [-0.39, 0.29) is 43.0 Å². The summed E-state index contributed by atoms with van der Waals surface area (Å²) in [6, 6.07) is 5.79. The number of Topliss-reactive ketones (excluding diaryl/α,β-unsaturated/α-hetero) is 1. The van der Waals surface area contributed by atoms with Gasteiger partial charge in [0, 0.05) is 18.4 Å². The first-order valence-electron chi connectivity index (χ1n) is 8.82. The summed E-state index contributed by atoms with van der Waals surface area (Å²) in [5.74, 6) is -0.885. The molecule has 0 aliphatic carbocycles. The number of carbonyl (C=O) groups is 2. The van der Waals surface area contributed by atoms with E-state index in [0.717, 1.165) is 13.8 Å². The minimum absolute atomic E-state index is 0.0745. The van der Waals surface area contributed by atoms with Crippen LogP contribution in [0.15, 0.2) is 24.3 Å². The minimum atomic E-state index is -4.04. The average Bonchev–Trinajstić information content (AvgIpc) is 2.54. The van der Waals surface area contributed by atoms with Crippen LogP contribution in [0, 0.1) is 5.41 Å². The molecule has 0 bridgehead atoms. The summed E-state index contributed by atoms with van der Waals surface area (Å²) in [5.41, 5.74) is -3.47. The second-order valence-electron chi connectivity index (χ2n) is 7.52. The summed E-state index contributed by atoms with van der Waals surface area (Å²) >= 11 is 0. The van der Waals surface area contributed by atoms with Crippen molar-refractivity contribution >= 4 is 11.8 Å². The van der Waals surface area contributed by atoms with Gasteiger partial charge >= 0.3 is 12.1 Å². The van der Waals surface area contributed by atoms with Gasteiger partial charge in [0.05, 0.1) is 12.0 Å². The number of hydrogen-bond donors (Lipinski definition) is 0. The molecule has 0 atom stereocenters. The molecule has 7 heteroatoms. The van der Waals surface area contributed by atoms with Crippen molar-refractivity contribution in [2.24, 2.45) is 5.41 Å². The molecular formula is C20H27F3O4. The number of halogens is 3. The Kier molecular flexibility index (Phi) is 7.46. The Labute approximate surface area is 158 Å². The van der Waals surface area contributed by atoms with Crippen molar-refractivity contribution in [1.29, 1.82) is 0 Å². The molecular weight excluding hydrogens is 361 g/mol. The van der Waals surface area contributed by atoms with Gasteiger partial charge < -0.3 is 9.47 Å². The summed E-state index contributed by atoms with van der Waals surface area (Å²) in [7, 11) is 0. The Morgan fingerprint density at radius 1 is 1.04 bits per heavy atom. The summed E-state index contributed by atoms with van der Waals surface area (Å²) in [4.78, 5) is 24.2. The summed E-state index contributed by atoms with van der Waals surface area (Å²) in [6.45, 7) is 6.75. The number of alkyl halides is 3. The Bertz CT molecular complexity index is 663. The number of carbonyl (C=O) groups excluding carboxylic acids is 2.